The first-order valence-electron chi connectivity index (χ1n) is 5.96. The van der Waals surface area contributed by atoms with Crippen LogP contribution >= 0.6 is 11.6 Å². The molecule has 0 fully saturated rings. The summed E-state index contributed by atoms with van der Waals surface area (Å²) < 4.78 is 0. The van der Waals surface area contributed by atoms with E-state index in [2.05, 4.69) is 4.98 Å². The van der Waals surface area contributed by atoms with Crippen molar-refractivity contribution in [1.82, 2.24) is 4.98 Å². The van der Waals surface area contributed by atoms with Gasteiger partial charge in [0.15, 0.2) is 0 Å². The summed E-state index contributed by atoms with van der Waals surface area (Å²) in [6, 6.07) is 11.7. The van der Waals surface area contributed by atoms with Gasteiger partial charge in [0.2, 0.25) is 0 Å². The molecule has 0 aliphatic heterocycles. The lowest BCUT2D eigenvalue weighted by atomic mass is 10.0. The van der Waals surface area contributed by atoms with Crippen LogP contribution < -0.4 is 11.3 Å². The molecule has 0 saturated heterocycles. The molecule has 0 unspecified atom stereocenters. The molecule has 0 saturated carbocycles. The lowest BCUT2D eigenvalue weighted by Gasteiger charge is -2.08. The number of hydrogen-bond donors (Lipinski definition) is 3. The molecule has 0 atom stereocenters. The number of H-pyrrole nitrogens is 1. The van der Waals surface area contributed by atoms with Gasteiger partial charge in [0.1, 0.15) is 5.75 Å². The fourth-order valence-corrected chi connectivity index (χ4v) is 2.39. The summed E-state index contributed by atoms with van der Waals surface area (Å²) in [6.45, 7) is 0. The smallest absolute Gasteiger partial charge is 0.260 e. The van der Waals surface area contributed by atoms with Crippen molar-refractivity contribution in [2.45, 2.75) is 0 Å². The van der Waals surface area contributed by atoms with Crippen molar-refractivity contribution >= 4 is 28.2 Å². The highest BCUT2D eigenvalue weighted by Crippen LogP contribution is 2.33. The average Bonchev–Trinajstić information content (AvgIpc) is 2.38. The molecule has 0 bridgehead atoms. The number of nitrogen functional groups attached to an aromatic ring is 1. The third-order valence-corrected chi connectivity index (χ3v) is 3.36. The molecule has 100 valence electrons. The minimum Gasteiger partial charge on any atom is -0.506 e. The zero-order valence-electron chi connectivity index (χ0n) is 10.4. The number of nitrogens with two attached hydrogens (primary N) is 1. The molecular formula is C15H11ClN2O2. The Balaban J connectivity index is 2.37. The highest BCUT2D eigenvalue weighted by Gasteiger charge is 2.14. The van der Waals surface area contributed by atoms with E-state index < -0.39 is 0 Å². The molecule has 0 amide bonds. The molecule has 0 aliphatic carbocycles. The fourth-order valence-electron chi connectivity index (χ4n) is 2.22. The number of aromatic nitrogens is 1. The lowest BCUT2D eigenvalue weighted by molar-refractivity contribution is 0.482. The van der Waals surface area contributed by atoms with E-state index in [9.17, 15) is 9.90 Å². The first kappa shape index (κ1) is 12.6. The van der Waals surface area contributed by atoms with Crippen LogP contribution in [-0.4, -0.2) is 10.1 Å². The molecule has 20 heavy (non-hydrogen) atoms. The number of anilines is 1. The van der Waals surface area contributed by atoms with Crippen molar-refractivity contribution in [3.8, 4) is 16.9 Å². The molecule has 3 rings (SSSR count). The summed E-state index contributed by atoms with van der Waals surface area (Å²) in [6.07, 6.45) is 0. The van der Waals surface area contributed by atoms with Crippen molar-refractivity contribution in [1.29, 1.82) is 0 Å². The van der Waals surface area contributed by atoms with Crippen molar-refractivity contribution in [3.05, 3.63) is 57.8 Å². The molecule has 0 aliphatic rings. The van der Waals surface area contributed by atoms with Crippen LogP contribution in [0.4, 0.5) is 5.69 Å². The Hall–Kier alpha value is -2.46. The van der Waals surface area contributed by atoms with E-state index in [-0.39, 0.29) is 16.9 Å². The Bertz CT molecular complexity index is 871. The molecule has 5 heteroatoms. The number of halogens is 1. The molecule has 3 aromatic rings. The van der Waals surface area contributed by atoms with Crippen LogP contribution in [0.5, 0.6) is 5.75 Å². The predicted octanol–water partition coefficient (Wildman–Crippen LogP) is 3.14. The van der Waals surface area contributed by atoms with Gasteiger partial charge in [-0.25, -0.2) is 0 Å². The minimum atomic E-state index is -0.386. The highest BCUT2D eigenvalue weighted by molar-refractivity contribution is 6.31. The van der Waals surface area contributed by atoms with Crippen LogP contribution in [0.25, 0.3) is 22.0 Å². The summed E-state index contributed by atoms with van der Waals surface area (Å²) in [4.78, 5) is 14.9. The first-order chi connectivity index (χ1) is 9.56. The van der Waals surface area contributed by atoms with Gasteiger partial charge in [-0.3, -0.25) is 4.79 Å². The van der Waals surface area contributed by atoms with Crippen molar-refractivity contribution in [2.75, 3.05) is 5.73 Å². The van der Waals surface area contributed by atoms with E-state index in [0.717, 1.165) is 0 Å². The maximum Gasteiger partial charge on any atom is 0.260 e. The van der Waals surface area contributed by atoms with E-state index >= 15 is 0 Å². The molecular weight excluding hydrogens is 276 g/mol. The second-order valence-corrected chi connectivity index (χ2v) is 4.93. The zero-order valence-corrected chi connectivity index (χ0v) is 11.1. The molecule has 4 nitrogen and oxygen atoms in total. The van der Waals surface area contributed by atoms with Gasteiger partial charge in [0.05, 0.1) is 11.1 Å². The van der Waals surface area contributed by atoms with Crippen LogP contribution in [0.15, 0.2) is 47.3 Å². The summed E-state index contributed by atoms with van der Waals surface area (Å²) in [5.74, 6) is -0.0778. The topological polar surface area (TPSA) is 79.1 Å². The van der Waals surface area contributed by atoms with Gasteiger partial charge in [-0.15, -0.1) is 0 Å². The fraction of sp³-hybridized carbons (Fsp3) is 0. The number of rotatable bonds is 1. The number of pyridine rings is 1. The van der Waals surface area contributed by atoms with E-state index in [4.69, 9.17) is 17.3 Å². The second-order valence-electron chi connectivity index (χ2n) is 4.49. The van der Waals surface area contributed by atoms with Crippen molar-refractivity contribution in [2.24, 2.45) is 0 Å². The number of nitrogens with one attached hydrogen (secondary N) is 1. The highest BCUT2D eigenvalue weighted by atomic mass is 35.5. The summed E-state index contributed by atoms with van der Waals surface area (Å²) in [5, 5.41) is 11.4. The van der Waals surface area contributed by atoms with Crippen LogP contribution in [0.2, 0.25) is 5.02 Å². The molecule has 0 spiro atoms. The SMILES string of the molecule is Nc1cccc(-c2c(O)c3ccc(Cl)cc3[nH]c2=O)c1. The Labute approximate surface area is 119 Å². The van der Waals surface area contributed by atoms with Gasteiger partial charge in [-0.2, -0.15) is 0 Å². The van der Waals surface area contributed by atoms with Crippen LogP contribution in [-0.2, 0) is 0 Å². The Morgan fingerprint density at radius 3 is 2.70 bits per heavy atom. The zero-order chi connectivity index (χ0) is 14.3. The Kier molecular flexibility index (Phi) is 2.88. The molecule has 1 heterocycles. The van der Waals surface area contributed by atoms with E-state index in [0.29, 0.717) is 27.2 Å². The summed E-state index contributed by atoms with van der Waals surface area (Å²) in [7, 11) is 0. The number of aromatic hydroxyl groups is 1. The number of fused-ring (bicyclic) bond motifs is 1. The number of benzene rings is 2. The van der Waals surface area contributed by atoms with E-state index in [1.54, 1.807) is 42.5 Å². The Morgan fingerprint density at radius 1 is 1.15 bits per heavy atom. The van der Waals surface area contributed by atoms with Crippen LogP contribution in [0.3, 0.4) is 0 Å². The minimum absolute atomic E-state index is 0.0778. The molecule has 4 N–H and O–H groups in total. The molecule has 2 aromatic carbocycles. The van der Waals surface area contributed by atoms with Gasteiger partial charge in [-0.05, 0) is 35.9 Å². The summed E-state index contributed by atoms with van der Waals surface area (Å²) in [5.41, 5.74) is 7.12. The van der Waals surface area contributed by atoms with Crippen LogP contribution in [0, 0.1) is 0 Å². The molecule has 1 aromatic heterocycles. The van der Waals surface area contributed by atoms with Crippen molar-refractivity contribution < 1.29 is 5.11 Å². The van der Waals surface area contributed by atoms with Gasteiger partial charge in [-0.1, -0.05) is 23.7 Å². The van der Waals surface area contributed by atoms with Crippen molar-refractivity contribution in [3.63, 3.8) is 0 Å². The van der Waals surface area contributed by atoms with Gasteiger partial charge in [0.25, 0.3) is 5.56 Å². The Morgan fingerprint density at radius 2 is 1.95 bits per heavy atom. The summed E-state index contributed by atoms with van der Waals surface area (Å²) >= 11 is 5.88. The van der Waals surface area contributed by atoms with Gasteiger partial charge >= 0.3 is 0 Å². The number of hydrogen-bond acceptors (Lipinski definition) is 3. The predicted molar refractivity (Wildman–Crippen MR) is 81.1 cm³/mol. The lowest BCUT2D eigenvalue weighted by Crippen LogP contribution is -2.09. The second kappa shape index (κ2) is 4.58. The van der Waals surface area contributed by atoms with Crippen LogP contribution in [0.1, 0.15) is 0 Å². The monoisotopic (exact) mass is 286 g/mol. The third kappa shape index (κ3) is 2.00. The normalized spacial score (nSPS) is 10.8. The van der Waals surface area contributed by atoms with E-state index in [1.807, 2.05) is 0 Å². The third-order valence-electron chi connectivity index (χ3n) is 3.12. The first-order valence-corrected chi connectivity index (χ1v) is 6.34. The largest absolute Gasteiger partial charge is 0.506 e. The van der Waals surface area contributed by atoms with E-state index in [1.165, 1.54) is 0 Å². The van der Waals surface area contributed by atoms with Gasteiger partial charge in [0, 0.05) is 16.1 Å². The maximum atomic E-state index is 12.2. The molecule has 0 radical (unpaired) electrons. The number of aromatic amines is 1. The van der Waals surface area contributed by atoms with Gasteiger partial charge < -0.3 is 15.8 Å². The maximum absolute atomic E-state index is 12.2. The average molecular weight is 287 g/mol. The quantitative estimate of drug-likeness (QED) is 0.601. The standard InChI is InChI=1S/C15H11ClN2O2/c16-9-4-5-11-12(7-9)18-15(20)13(14(11)19)8-2-1-3-10(17)6-8/h1-7H,17H2,(H2,18,19,20).